The molecule has 0 aliphatic carbocycles. The van der Waals surface area contributed by atoms with Gasteiger partial charge in [-0.2, -0.15) is 0 Å². The first-order chi connectivity index (χ1) is 9.54. The molecule has 0 radical (unpaired) electrons. The van der Waals surface area contributed by atoms with E-state index >= 15 is 0 Å². The van der Waals surface area contributed by atoms with Crippen LogP contribution < -0.4 is 4.74 Å². The molecular weight excluding hydrogens is 264 g/mol. The van der Waals surface area contributed by atoms with Gasteiger partial charge in [-0.15, -0.1) is 0 Å². The molecule has 20 heavy (non-hydrogen) atoms. The molecular formula is C13H10N2O5. The molecule has 0 saturated heterocycles. The highest BCUT2D eigenvalue weighted by molar-refractivity contribution is 5.90. The standard InChI is InChI=1S/C13H10N2O5/c1-20-11-3-2-6-14-12(11)9-5-4-8(13(16)17)7-10(9)15(18)19/h2-7H,1H3,(H,16,17). The van der Waals surface area contributed by atoms with E-state index in [0.29, 0.717) is 11.4 Å². The first-order valence-electron chi connectivity index (χ1n) is 5.55. The lowest BCUT2D eigenvalue weighted by atomic mass is 10.0. The van der Waals surface area contributed by atoms with Gasteiger partial charge in [0.25, 0.3) is 5.69 Å². The van der Waals surface area contributed by atoms with Gasteiger partial charge in [-0.25, -0.2) is 4.79 Å². The molecule has 1 aromatic carbocycles. The van der Waals surface area contributed by atoms with Crippen LogP contribution in [0.25, 0.3) is 11.3 Å². The molecule has 7 nitrogen and oxygen atoms in total. The van der Waals surface area contributed by atoms with Crippen LogP contribution in [0.1, 0.15) is 10.4 Å². The van der Waals surface area contributed by atoms with Crippen molar-refractivity contribution in [2.24, 2.45) is 0 Å². The molecule has 1 heterocycles. The summed E-state index contributed by atoms with van der Waals surface area (Å²) < 4.78 is 5.11. The van der Waals surface area contributed by atoms with Gasteiger partial charge in [-0.05, 0) is 24.3 Å². The Morgan fingerprint density at radius 3 is 2.75 bits per heavy atom. The van der Waals surface area contributed by atoms with Crippen LogP contribution in [-0.2, 0) is 0 Å². The van der Waals surface area contributed by atoms with E-state index in [4.69, 9.17) is 9.84 Å². The van der Waals surface area contributed by atoms with Gasteiger partial charge in [-0.3, -0.25) is 15.1 Å². The molecule has 0 aliphatic heterocycles. The van der Waals surface area contributed by atoms with Gasteiger partial charge < -0.3 is 9.84 Å². The van der Waals surface area contributed by atoms with Crippen molar-refractivity contribution < 1.29 is 19.6 Å². The number of benzene rings is 1. The van der Waals surface area contributed by atoms with E-state index in [9.17, 15) is 14.9 Å². The van der Waals surface area contributed by atoms with Gasteiger partial charge in [0.15, 0.2) is 0 Å². The summed E-state index contributed by atoms with van der Waals surface area (Å²) in [5.41, 5.74) is 0.00772. The molecule has 0 aliphatic rings. The highest BCUT2D eigenvalue weighted by Crippen LogP contribution is 2.34. The number of ether oxygens (including phenoxy) is 1. The zero-order valence-corrected chi connectivity index (χ0v) is 10.4. The zero-order chi connectivity index (χ0) is 14.7. The number of nitrogens with zero attached hydrogens (tertiary/aromatic N) is 2. The van der Waals surface area contributed by atoms with Crippen molar-refractivity contribution in [2.75, 3.05) is 7.11 Å². The lowest BCUT2D eigenvalue weighted by Gasteiger charge is -2.08. The number of nitro groups is 1. The molecule has 102 valence electrons. The number of carbonyl (C=O) groups is 1. The summed E-state index contributed by atoms with van der Waals surface area (Å²) in [7, 11) is 1.43. The van der Waals surface area contributed by atoms with E-state index in [1.807, 2.05) is 0 Å². The molecule has 7 heteroatoms. The third-order valence-electron chi connectivity index (χ3n) is 2.69. The number of aromatic carboxylic acids is 1. The Kier molecular flexibility index (Phi) is 3.60. The fourth-order valence-corrected chi connectivity index (χ4v) is 1.77. The average Bonchev–Trinajstić information content (AvgIpc) is 2.46. The highest BCUT2D eigenvalue weighted by Gasteiger charge is 2.21. The Bertz CT molecular complexity index is 684. The van der Waals surface area contributed by atoms with Crippen LogP contribution in [0.2, 0.25) is 0 Å². The van der Waals surface area contributed by atoms with Crippen molar-refractivity contribution >= 4 is 11.7 Å². The van der Waals surface area contributed by atoms with E-state index in [1.165, 1.54) is 25.4 Å². The lowest BCUT2D eigenvalue weighted by Crippen LogP contribution is -2.01. The molecule has 2 rings (SSSR count). The maximum Gasteiger partial charge on any atom is 0.335 e. The quantitative estimate of drug-likeness (QED) is 0.678. The molecule has 1 aromatic heterocycles. The second kappa shape index (κ2) is 5.35. The summed E-state index contributed by atoms with van der Waals surface area (Å²) in [4.78, 5) is 25.4. The molecule has 0 saturated carbocycles. The van der Waals surface area contributed by atoms with Gasteiger partial charge in [-0.1, -0.05) is 0 Å². The van der Waals surface area contributed by atoms with Gasteiger partial charge >= 0.3 is 5.97 Å². The summed E-state index contributed by atoms with van der Waals surface area (Å²) in [6.07, 6.45) is 1.48. The maximum atomic E-state index is 11.1. The fourth-order valence-electron chi connectivity index (χ4n) is 1.77. The summed E-state index contributed by atoms with van der Waals surface area (Å²) in [6.45, 7) is 0. The summed E-state index contributed by atoms with van der Waals surface area (Å²) >= 11 is 0. The third kappa shape index (κ3) is 2.41. The maximum absolute atomic E-state index is 11.1. The molecule has 0 spiro atoms. The van der Waals surface area contributed by atoms with E-state index in [2.05, 4.69) is 4.98 Å². The molecule has 0 atom stereocenters. The van der Waals surface area contributed by atoms with Gasteiger partial charge in [0.2, 0.25) is 0 Å². The second-order valence-electron chi connectivity index (χ2n) is 3.85. The molecule has 0 amide bonds. The van der Waals surface area contributed by atoms with Gasteiger partial charge in [0.05, 0.1) is 23.2 Å². The topological polar surface area (TPSA) is 103 Å². The van der Waals surface area contributed by atoms with Crippen LogP contribution in [0.3, 0.4) is 0 Å². The third-order valence-corrected chi connectivity index (χ3v) is 2.69. The van der Waals surface area contributed by atoms with Crippen molar-refractivity contribution in [1.29, 1.82) is 0 Å². The van der Waals surface area contributed by atoms with Crippen LogP contribution in [0.4, 0.5) is 5.69 Å². The van der Waals surface area contributed by atoms with Crippen LogP contribution >= 0.6 is 0 Å². The molecule has 1 N–H and O–H groups in total. The number of aromatic nitrogens is 1. The Labute approximate surface area is 113 Å². The zero-order valence-electron chi connectivity index (χ0n) is 10.4. The number of rotatable bonds is 4. The van der Waals surface area contributed by atoms with E-state index in [0.717, 1.165) is 6.07 Å². The highest BCUT2D eigenvalue weighted by atomic mass is 16.6. The van der Waals surface area contributed by atoms with Crippen LogP contribution in [-0.4, -0.2) is 28.1 Å². The minimum atomic E-state index is -1.23. The summed E-state index contributed by atoms with van der Waals surface area (Å²) in [6, 6.07) is 6.91. The summed E-state index contributed by atoms with van der Waals surface area (Å²) in [5.74, 6) is -0.855. The SMILES string of the molecule is COc1cccnc1-c1ccc(C(=O)O)cc1[N+](=O)[O-]. The molecule has 0 fully saturated rings. The minimum absolute atomic E-state index is 0.157. The van der Waals surface area contributed by atoms with Gasteiger partial charge in [0, 0.05) is 12.3 Å². The van der Waals surface area contributed by atoms with Crippen molar-refractivity contribution in [1.82, 2.24) is 4.98 Å². The number of nitro benzene ring substituents is 1. The Morgan fingerprint density at radius 2 is 2.15 bits per heavy atom. The Morgan fingerprint density at radius 1 is 1.40 bits per heavy atom. The first kappa shape index (κ1) is 13.5. The largest absolute Gasteiger partial charge is 0.494 e. The normalized spacial score (nSPS) is 10.1. The molecule has 0 bridgehead atoms. The van der Waals surface area contributed by atoms with E-state index in [-0.39, 0.29) is 16.8 Å². The molecule has 0 unspecified atom stereocenters. The van der Waals surface area contributed by atoms with Crippen molar-refractivity contribution in [2.45, 2.75) is 0 Å². The average molecular weight is 274 g/mol. The first-order valence-corrected chi connectivity index (χ1v) is 5.55. The predicted octanol–water partition coefficient (Wildman–Crippen LogP) is 2.36. The number of carboxylic acids is 1. The summed E-state index contributed by atoms with van der Waals surface area (Å²) in [5, 5.41) is 20.0. The van der Waals surface area contributed by atoms with Crippen molar-refractivity contribution in [3.63, 3.8) is 0 Å². The minimum Gasteiger partial charge on any atom is -0.494 e. The van der Waals surface area contributed by atoms with E-state index in [1.54, 1.807) is 12.1 Å². The number of hydrogen-bond donors (Lipinski definition) is 1. The number of methoxy groups -OCH3 is 1. The van der Waals surface area contributed by atoms with E-state index < -0.39 is 10.9 Å². The van der Waals surface area contributed by atoms with Crippen LogP contribution in [0.5, 0.6) is 5.75 Å². The van der Waals surface area contributed by atoms with Crippen LogP contribution in [0, 0.1) is 10.1 Å². The van der Waals surface area contributed by atoms with Crippen LogP contribution in [0.15, 0.2) is 36.5 Å². The Hall–Kier alpha value is -2.96. The number of pyridine rings is 1. The smallest absolute Gasteiger partial charge is 0.335 e. The van der Waals surface area contributed by atoms with Crippen molar-refractivity contribution in [3.05, 3.63) is 52.2 Å². The number of carboxylic acid groups (broad SMARTS) is 1. The monoisotopic (exact) mass is 274 g/mol. The predicted molar refractivity (Wildman–Crippen MR) is 69.8 cm³/mol. The van der Waals surface area contributed by atoms with Crippen molar-refractivity contribution in [3.8, 4) is 17.0 Å². The molecule has 2 aromatic rings. The fraction of sp³-hybridized carbons (Fsp3) is 0.0769. The number of hydrogen-bond acceptors (Lipinski definition) is 5. The lowest BCUT2D eigenvalue weighted by molar-refractivity contribution is -0.384. The second-order valence-corrected chi connectivity index (χ2v) is 3.85. The van der Waals surface area contributed by atoms with Gasteiger partial charge in [0.1, 0.15) is 11.4 Å². The Balaban J connectivity index is 2.67.